The van der Waals surface area contributed by atoms with Crippen LogP contribution in [0.15, 0.2) is 18.2 Å². The fraction of sp³-hybridized carbons (Fsp3) is 0.333. The first kappa shape index (κ1) is 13.0. The smallest absolute Gasteiger partial charge is 0.303 e. The predicted molar refractivity (Wildman–Crippen MR) is 60.1 cm³/mol. The predicted octanol–water partition coefficient (Wildman–Crippen LogP) is 1.73. The summed E-state index contributed by atoms with van der Waals surface area (Å²) in [7, 11) is 0. The van der Waals surface area contributed by atoms with E-state index in [1.54, 1.807) is 19.1 Å². The Balaban J connectivity index is 3.06. The van der Waals surface area contributed by atoms with Gasteiger partial charge in [0.1, 0.15) is 5.75 Å². The second kappa shape index (κ2) is 5.34. The Labute approximate surface area is 98.3 Å². The van der Waals surface area contributed by atoms with Gasteiger partial charge in [-0.05, 0) is 18.6 Å². The van der Waals surface area contributed by atoms with Gasteiger partial charge in [0.15, 0.2) is 0 Å². The van der Waals surface area contributed by atoms with Gasteiger partial charge in [0.2, 0.25) is 0 Å². The quantitative estimate of drug-likeness (QED) is 0.726. The third-order valence-corrected chi connectivity index (χ3v) is 2.46. The monoisotopic (exact) mass is 238 g/mol. The number of aromatic hydroxyl groups is 1. The van der Waals surface area contributed by atoms with Crippen LogP contribution in [-0.2, 0) is 9.59 Å². The van der Waals surface area contributed by atoms with E-state index in [0.717, 1.165) is 5.56 Å². The first-order valence-corrected chi connectivity index (χ1v) is 5.13. The van der Waals surface area contributed by atoms with Crippen molar-refractivity contribution < 1.29 is 24.9 Å². The van der Waals surface area contributed by atoms with Crippen molar-refractivity contribution in [2.45, 2.75) is 25.7 Å². The van der Waals surface area contributed by atoms with Crippen molar-refractivity contribution in [2.75, 3.05) is 0 Å². The zero-order valence-electron chi connectivity index (χ0n) is 9.38. The summed E-state index contributed by atoms with van der Waals surface area (Å²) in [6.07, 6.45) is -0.632. The van der Waals surface area contributed by atoms with E-state index in [2.05, 4.69) is 0 Å². The van der Waals surface area contributed by atoms with Crippen LogP contribution < -0.4 is 0 Å². The maximum Gasteiger partial charge on any atom is 0.303 e. The molecule has 92 valence electrons. The highest BCUT2D eigenvalue weighted by molar-refractivity contribution is 5.72. The lowest BCUT2D eigenvalue weighted by Crippen LogP contribution is -2.11. The van der Waals surface area contributed by atoms with Crippen LogP contribution in [0.1, 0.15) is 29.9 Å². The molecule has 3 N–H and O–H groups in total. The van der Waals surface area contributed by atoms with Crippen LogP contribution in [0.3, 0.4) is 0 Å². The molecule has 0 aliphatic rings. The number of phenolic OH excluding ortho intramolecular Hbond substituents is 1. The molecule has 0 fully saturated rings. The van der Waals surface area contributed by atoms with Gasteiger partial charge in [-0.1, -0.05) is 17.7 Å². The Hall–Kier alpha value is -2.04. The molecule has 0 aliphatic heterocycles. The highest BCUT2D eigenvalue weighted by Crippen LogP contribution is 2.31. The van der Waals surface area contributed by atoms with Crippen LogP contribution in [0, 0.1) is 6.92 Å². The van der Waals surface area contributed by atoms with Crippen molar-refractivity contribution >= 4 is 11.9 Å². The molecule has 0 radical (unpaired) electrons. The van der Waals surface area contributed by atoms with Crippen LogP contribution in [0.2, 0.25) is 0 Å². The van der Waals surface area contributed by atoms with E-state index in [4.69, 9.17) is 10.2 Å². The van der Waals surface area contributed by atoms with Crippen molar-refractivity contribution in [3.8, 4) is 5.75 Å². The lowest BCUT2D eigenvalue weighted by molar-refractivity contribution is -0.139. The Morgan fingerprint density at radius 2 is 1.71 bits per heavy atom. The molecule has 1 aromatic rings. The molecule has 17 heavy (non-hydrogen) atoms. The second-order valence-corrected chi connectivity index (χ2v) is 3.95. The van der Waals surface area contributed by atoms with Crippen LogP contribution in [0.5, 0.6) is 5.75 Å². The van der Waals surface area contributed by atoms with E-state index in [1.165, 1.54) is 6.07 Å². The molecular weight excluding hydrogens is 224 g/mol. The number of benzene rings is 1. The maximum absolute atomic E-state index is 10.7. The topological polar surface area (TPSA) is 94.8 Å². The molecule has 0 amide bonds. The first-order valence-electron chi connectivity index (χ1n) is 5.13. The molecule has 5 nitrogen and oxygen atoms in total. The zero-order valence-corrected chi connectivity index (χ0v) is 9.38. The Morgan fingerprint density at radius 1 is 1.18 bits per heavy atom. The van der Waals surface area contributed by atoms with Gasteiger partial charge in [0, 0.05) is 5.92 Å². The van der Waals surface area contributed by atoms with Crippen LogP contribution in [0.4, 0.5) is 0 Å². The van der Waals surface area contributed by atoms with Crippen molar-refractivity contribution in [2.24, 2.45) is 0 Å². The van der Waals surface area contributed by atoms with Crippen LogP contribution in [0.25, 0.3) is 0 Å². The summed E-state index contributed by atoms with van der Waals surface area (Å²) in [5.74, 6) is -2.96. The number of hydrogen-bond acceptors (Lipinski definition) is 3. The molecular formula is C12H14O5. The van der Waals surface area contributed by atoms with Gasteiger partial charge in [-0.15, -0.1) is 0 Å². The first-order chi connectivity index (χ1) is 7.90. The van der Waals surface area contributed by atoms with Crippen molar-refractivity contribution in [1.29, 1.82) is 0 Å². The van der Waals surface area contributed by atoms with E-state index < -0.39 is 17.9 Å². The summed E-state index contributed by atoms with van der Waals surface area (Å²) in [5.41, 5.74) is 1.22. The minimum absolute atomic E-state index is 0.0666. The molecule has 0 atom stereocenters. The normalized spacial score (nSPS) is 10.5. The van der Waals surface area contributed by atoms with E-state index in [9.17, 15) is 14.7 Å². The average molecular weight is 238 g/mol. The minimum Gasteiger partial charge on any atom is -0.508 e. The number of aliphatic carboxylic acids is 2. The Morgan fingerprint density at radius 3 is 2.18 bits per heavy atom. The lowest BCUT2D eigenvalue weighted by atomic mass is 9.91. The van der Waals surface area contributed by atoms with Gasteiger partial charge in [0.25, 0.3) is 0 Å². The van der Waals surface area contributed by atoms with Gasteiger partial charge in [0.05, 0.1) is 12.8 Å². The third-order valence-electron chi connectivity index (χ3n) is 2.46. The largest absolute Gasteiger partial charge is 0.508 e. The third kappa shape index (κ3) is 3.79. The molecule has 0 aliphatic carbocycles. The number of carbonyl (C=O) groups is 2. The van der Waals surface area contributed by atoms with Crippen LogP contribution in [-0.4, -0.2) is 27.3 Å². The zero-order chi connectivity index (χ0) is 13.0. The minimum atomic E-state index is -1.09. The summed E-state index contributed by atoms with van der Waals surface area (Å²) < 4.78 is 0. The molecule has 0 heterocycles. The summed E-state index contributed by atoms with van der Waals surface area (Å²) in [5, 5.41) is 27.1. The molecule has 1 aromatic carbocycles. The van der Waals surface area contributed by atoms with Gasteiger partial charge < -0.3 is 15.3 Å². The van der Waals surface area contributed by atoms with Crippen LogP contribution >= 0.6 is 0 Å². The number of rotatable bonds is 5. The molecule has 0 saturated carbocycles. The number of phenols is 1. The number of carboxylic acids is 2. The Kier molecular flexibility index (Phi) is 4.09. The van der Waals surface area contributed by atoms with Gasteiger partial charge >= 0.3 is 11.9 Å². The number of aryl methyl sites for hydroxylation is 1. The fourth-order valence-electron chi connectivity index (χ4n) is 1.71. The number of carboxylic acid groups (broad SMARTS) is 2. The highest BCUT2D eigenvalue weighted by atomic mass is 16.4. The van der Waals surface area contributed by atoms with Gasteiger partial charge in [-0.2, -0.15) is 0 Å². The fourth-order valence-corrected chi connectivity index (χ4v) is 1.71. The van der Waals surface area contributed by atoms with E-state index in [0.29, 0.717) is 5.56 Å². The van der Waals surface area contributed by atoms with E-state index in [1.807, 2.05) is 0 Å². The average Bonchev–Trinajstić information content (AvgIpc) is 2.19. The number of hydrogen-bond donors (Lipinski definition) is 3. The highest BCUT2D eigenvalue weighted by Gasteiger charge is 2.21. The van der Waals surface area contributed by atoms with E-state index >= 15 is 0 Å². The summed E-state index contributed by atoms with van der Waals surface area (Å²) in [6, 6.07) is 4.74. The standard InChI is InChI=1S/C12H14O5/c1-7-2-3-10(13)9(4-7)8(5-11(14)15)6-12(16)17/h2-4,8,13H,5-6H2,1H3,(H,14,15)(H,16,17). The van der Waals surface area contributed by atoms with Gasteiger partial charge in [-0.25, -0.2) is 0 Å². The lowest BCUT2D eigenvalue weighted by Gasteiger charge is -2.15. The van der Waals surface area contributed by atoms with Crippen molar-refractivity contribution in [3.63, 3.8) is 0 Å². The molecule has 0 unspecified atom stereocenters. The Bertz CT molecular complexity index is 423. The second-order valence-electron chi connectivity index (χ2n) is 3.95. The summed E-state index contributed by atoms with van der Waals surface area (Å²) in [6.45, 7) is 1.79. The maximum atomic E-state index is 10.7. The molecule has 1 rings (SSSR count). The summed E-state index contributed by atoms with van der Waals surface area (Å²) >= 11 is 0. The van der Waals surface area contributed by atoms with E-state index in [-0.39, 0.29) is 18.6 Å². The van der Waals surface area contributed by atoms with Crippen molar-refractivity contribution in [3.05, 3.63) is 29.3 Å². The SMILES string of the molecule is Cc1ccc(O)c(C(CC(=O)O)CC(=O)O)c1. The molecule has 0 bridgehead atoms. The van der Waals surface area contributed by atoms with Crippen molar-refractivity contribution in [1.82, 2.24) is 0 Å². The van der Waals surface area contributed by atoms with Gasteiger partial charge in [-0.3, -0.25) is 9.59 Å². The molecule has 5 heteroatoms. The molecule has 0 aromatic heterocycles. The summed E-state index contributed by atoms with van der Waals surface area (Å²) in [4.78, 5) is 21.4. The molecule has 0 saturated heterocycles. The molecule has 0 spiro atoms.